The van der Waals surface area contributed by atoms with Gasteiger partial charge < -0.3 is 14.7 Å². The van der Waals surface area contributed by atoms with Gasteiger partial charge in [0.15, 0.2) is 0 Å². The van der Waals surface area contributed by atoms with Crippen LogP contribution in [0.2, 0.25) is 0 Å². The fourth-order valence-electron chi connectivity index (χ4n) is 3.99. The zero-order valence-electron chi connectivity index (χ0n) is 15.2. The van der Waals surface area contributed by atoms with E-state index in [9.17, 15) is 4.79 Å². The number of fused-ring (bicyclic) bond motifs is 1. The van der Waals surface area contributed by atoms with Gasteiger partial charge in [0.25, 0.3) is 5.91 Å². The lowest BCUT2D eigenvalue weighted by Gasteiger charge is -2.33. The molecule has 5 rings (SSSR count). The van der Waals surface area contributed by atoms with Crippen LogP contribution in [0.25, 0.3) is 11.1 Å². The number of amides is 1. The van der Waals surface area contributed by atoms with E-state index in [1.807, 2.05) is 17.2 Å². The maximum atomic E-state index is 12.7. The van der Waals surface area contributed by atoms with E-state index in [1.54, 1.807) is 0 Å². The second-order valence-electron chi connectivity index (χ2n) is 7.73. The molecule has 1 saturated heterocycles. The van der Waals surface area contributed by atoms with Crippen molar-refractivity contribution in [3.8, 4) is 11.1 Å². The first-order chi connectivity index (χ1) is 12.7. The van der Waals surface area contributed by atoms with E-state index in [0.717, 1.165) is 68.1 Å². The van der Waals surface area contributed by atoms with E-state index in [4.69, 9.17) is 0 Å². The average Bonchev–Trinajstić information content (AvgIpc) is 3.46. The van der Waals surface area contributed by atoms with Crippen LogP contribution < -0.4 is 4.90 Å². The van der Waals surface area contributed by atoms with Crippen molar-refractivity contribution >= 4 is 11.7 Å². The van der Waals surface area contributed by atoms with E-state index < -0.39 is 0 Å². The van der Waals surface area contributed by atoms with Crippen LogP contribution in [0.3, 0.4) is 0 Å². The van der Waals surface area contributed by atoms with Gasteiger partial charge in [-0.05, 0) is 54.8 Å². The van der Waals surface area contributed by atoms with Crippen LogP contribution in [0, 0.1) is 0 Å². The predicted molar refractivity (Wildman–Crippen MR) is 102 cm³/mol. The molecule has 3 heterocycles. The lowest BCUT2D eigenvalue weighted by atomic mass is 10.0. The van der Waals surface area contributed by atoms with Gasteiger partial charge in [-0.2, -0.15) is 0 Å². The number of hydrogen-bond acceptors (Lipinski definition) is 4. The van der Waals surface area contributed by atoms with Gasteiger partial charge in [0.1, 0.15) is 5.82 Å². The molecular weight excluding hydrogens is 324 g/mol. The first-order valence-corrected chi connectivity index (χ1v) is 9.53. The van der Waals surface area contributed by atoms with Crippen LogP contribution in [-0.2, 0) is 6.54 Å². The van der Waals surface area contributed by atoms with Crippen LogP contribution in [0.1, 0.15) is 28.8 Å². The number of hydrogen-bond donors (Lipinski definition) is 0. The molecule has 0 N–H and O–H groups in total. The number of anilines is 1. The van der Waals surface area contributed by atoms with Gasteiger partial charge in [-0.15, -0.1) is 0 Å². The van der Waals surface area contributed by atoms with Crippen molar-refractivity contribution in [3.63, 3.8) is 0 Å². The summed E-state index contributed by atoms with van der Waals surface area (Å²) in [7, 11) is 2.16. The molecule has 1 aromatic carbocycles. The van der Waals surface area contributed by atoms with Crippen LogP contribution in [0.15, 0.2) is 36.5 Å². The van der Waals surface area contributed by atoms with Crippen LogP contribution in [0.5, 0.6) is 0 Å². The van der Waals surface area contributed by atoms with E-state index in [2.05, 4.69) is 46.1 Å². The van der Waals surface area contributed by atoms with Crippen LogP contribution >= 0.6 is 0 Å². The number of carbonyl (C=O) groups excluding carboxylic acids is 1. The van der Waals surface area contributed by atoms with E-state index in [1.165, 1.54) is 5.56 Å². The molecule has 5 heteroatoms. The Morgan fingerprint density at radius 2 is 1.77 bits per heavy atom. The normalized spacial score (nSPS) is 20.6. The molecule has 2 aromatic rings. The minimum atomic E-state index is 0.206. The first kappa shape index (κ1) is 15.8. The maximum Gasteiger partial charge on any atom is 0.254 e. The van der Waals surface area contributed by atoms with Gasteiger partial charge >= 0.3 is 0 Å². The molecule has 0 atom stereocenters. The molecular formula is C21H24N4O. The number of piperazine rings is 1. The quantitative estimate of drug-likeness (QED) is 0.855. The summed E-state index contributed by atoms with van der Waals surface area (Å²) in [6.45, 7) is 4.92. The monoisotopic (exact) mass is 348 g/mol. The van der Waals surface area contributed by atoms with E-state index in [-0.39, 0.29) is 5.91 Å². The zero-order valence-corrected chi connectivity index (χ0v) is 15.2. The molecule has 1 aliphatic carbocycles. The van der Waals surface area contributed by atoms with Crippen LogP contribution in [-0.4, -0.2) is 60.0 Å². The number of likely N-dealkylation sites (N-methyl/N-ethyl adjacent to an activating group) is 1. The molecule has 0 spiro atoms. The Balaban J connectivity index is 1.42. The number of pyridine rings is 1. The van der Waals surface area contributed by atoms with Gasteiger partial charge in [0.05, 0.1) is 0 Å². The summed E-state index contributed by atoms with van der Waals surface area (Å²) < 4.78 is 0. The van der Waals surface area contributed by atoms with Crippen molar-refractivity contribution < 1.29 is 4.79 Å². The molecule has 0 bridgehead atoms. The van der Waals surface area contributed by atoms with Crippen molar-refractivity contribution in [1.29, 1.82) is 0 Å². The van der Waals surface area contributed by atoms with Crippen LogP contribution in [0.4, 0.5) is 5.82 Å². The van der Waals surface area contributed by atoms with E-state index >= 15 is 0 Å². The van der Waals surface area contributed by atoms with Gasteiger partial charge in [-0.3, -0.25) is 4.79 Å². The number of nitrogens with zero attached hydrogens (tertiary/aromatic N) is 4. The molecule has 0 unspecified atom stereocenters. The highest BCUT2D eigenvalue weighted by Crippen LogP contribution is 2.36. The third-order valence-corrected chi connectivity index (χ3v) is 5.84. The van der Waals surface area contributed by atoms with Gasteiger partial charge in [0, 0.05) is 50.5 Å². The molecule has 0 radical (unpaired) electrons. The largest absolute Gasteiger partial charge is 0.354 e. The Kier molecular flexibility index (Phi) is 3.71. The summed E-state index contributed by atoms with van der Waals surface area (Å²) in [4.78, 5) is 24.0. The SMILES string of the molecule is CN1CCN(c2cc(-c3ccc4c(c3)C(=O)N(C3CC3)C4)ccn2)CC1. The highest BCUT2D eigenvalue weighted by Gasteiger charge is 2.38. The number of rotatable bonds is 3. The van der Waals surface area contributed by atoms with Gasteiger partial charge in [-0.1, -0.05) is 12.1 Å². The molecule has 5 nitrogen and oxygen atoms in total. The van der Waals surface area contributed by atoms with Gasteiger partial charge in [-0.25, -0.2) is 4.98 Å². The lowest BCUT2D eigenvalue weighted by molar-refractivity contribution is 0.0766. The Morgan fingerprint density at radius 3 is 2.54 bits per heavy atom. The Bertz CT molecular complexity index is 853. The summed E-state index contributed by atoms with van der Waals surface area (Å²) in [6, 6.07) is 11.0. The maximum absolute atomic E-state index is 12.7. The molecule has 2 fully saturated rings. The Morgan fingerprint density at radius 1 is 1.00 bits per heavy atom. The number of carbonyl (C=O) groups is 1. The number of benzene rings is 1. The summed E-state index contributed by atoms with van der Waals surface area (Å²) in [5.41, 5.74) is 4.29. The third-order valence-electron chi connectivity index (χ3n) is 5.84. The highest BCUT2D eigenvalue weighted by atomic mass is 16.2. The van der Waals surface area contributed by atoms with Crippen molar-refractivity contribution in [2.75, 3.05) is 38.1 Å². The Labute approximate surface area is 154 Å². The zero-order chi connectivity index (χ0) is 17.7. The highest BCUT2D eigenvalue weighted by molar-refractivity contribution is 6.00. The molecule has 3 aliphatic rings. The summed E-state index contributed by atoms with van der Waals surface area (Å²) >= 11 is 0. The molecule has 134 valence electrons. The van der Waals surface area contributed by atoms with Crippen molar-refractivity contribution in [3.05, 3.63) is 47.7 Å². The minimum Gasteiger partial charge on any atom is -0.354 e. The van der Waals surface area contributed by atoms with Gasteiger partial charge in [0.2, 0.25) is 0 Å². The topological polar surface area (TPSA) is 39.7 Å². The molecule has 1 saturated carbocycles. The molecule has 1 amide bonds. The van der Waals surface area contributed by atoms with E-state index in [0.29, 0.717) is 6.04 Å². The first-order valence-electron chi connectivity index (χ1n) is 9.53. The molecule has 1 aromatic heterocycles. The summed E-state index contributed by atoms with van der Waals surface area (Å²) in [6.07, 6.45) is 4.20. The smallest absolute Gasteiger partial charge is 0.254 e. The van der Waals surface area contributed by atoms with Crippen molar-refractivity contribution in [1.82, 2.24) is 14.8 Å². The lowest BCUT2D eigenvalue weighted by Crippen LogP contribution is -2.44. The predicted octanol–water partition coefficient (Wildman–Crippen LogP) is 2.62. The minimum absolute atomic E-state index is 0.206. The Hall–Kier alpha value is -2.40. The summed E-state index contributed by atoms with van der Waals surface area (Å²) in [5, 5.41) is 0. The molecule has 26 heavy (non-hydrogen) atoms. The molecule has 2 aliphatic heterocycles. The van der Waals surface area contributed by atoms with Crippen molar-refractivity contribution in [2.45, 2.75) is 25.4 Å². The third kappa shape index (κ3) is 2.76. The number of aromatic nitrogens is 1. The second-order valence-corrected chi connectivity index (χ2v) is 7.73. The fourth-order valence-corrected chi connectivity index (χ4v) is 3.99. The standard InChI is InChI=1S/C21H24N4O/c1-23-8-10-24(11-9-23)20-13-16(6-7-22-20)15-2-3-17-14-25(18-4-5-18)21(26)19(17)12-15/h2-3,6-7,12-13,18H,4-5,8-11,14H2,1H3. The fraction of sp³-hybridized carbons (Fsp3) is 0.429. The second kappa shape index (κ2) is 6.09. The average molecular weight is 348 g/mol. The summed E-state index contributed by atoms with van der Waals surface area (Å²) in [5.74, 6) is 1.24. The van der Waals surface area contributed by atoms with Crippen molar-refractivity contribution in [2.24, 2.45) is 0 Å².